The van der Waals surface area contributed by atoms with Gasteiger partial charge in [-0.2, -0.15) is 0 Å². The smallest absolute Gasteiger partial charge is 0.248 e. The van der Waals surface area contributed by atoms with Crippen LogP contribution in [0.3, 0.4) is 0 Å². The predicted molar refractivity (Wildman–Crippen MR) is 96.5 cm³/mol. The summed E-state index contributed by atoms with van der Waals surface area (Å²) in [6.07, 6.45) is 1.38. The molecule has 0 saturated carbocycles. The Morgan fingerprint density at radius 1 is 1.35 bits per heavy atom. The predicted octanol–water partition coefficient (Wildman–Crippen LogP) is 4.48. The first-order valence-electron chi connectivity index (χ1n) is 7.77. The second kappa shape index (κ2) is 6.85. The normalized spacial score (nSPS) is 14.1. The Kier molecular flexibility index (Phi) is 4.83. The second-order valence-corrected chi connectivity index (χ2v) is 7.39. The molecule has 23 heavy (non-hydrogen) atoms. The summed E-state index contributed by atoms with van der Waals surface area (Å²) in [4.78, 5) is 18.2. The number of rotatable bonds is 4. The van der Waals surface area contributed by atoms with Crippen LogP contribution < -0.4 is 5.32 Å². The number of amides is 1. The topological polar surface area (TPSA) is 42.0 Å². The van der Waals surface area contributed by atoms with Crippen molar-refractivity contribution in [3.63, 3.8) is 0 Å². The van der Waals surface area contributed by atoms with Gasteiger partial charge in [0.25, 0.3) is 0 Å². The maximum Gasteiger partial charge on any atom is 0.248 e. The number of aromatic nitrogens is 1. The van der Waals surface area contributed by atoms with Gasteiger partial charge in [-0.25, -0.2) is 0 Å². The lowest BCUT2D eigenvalue weighted by molar-refractivity contribution is -0.117. The molecule has 1 aliphatic carbocycles. The Hall–Kier alpha value is -1.65. The van der Waals surface area contributed by atoms with Crippen LogP contribution in [0.25, 0.3) is 15.6 Å². The standard InChI is InChI=1S/C18H19ClN2OS/c1-11(2)10-20-18(22)13-6-7-14-12(17(13)19)5-8-15(21-14)16-4-3-9-23-16/h3-5,8-9,11H,6-7,10H2,1-2H3,(H,20,22). The van der Waals surface area contributed by atoms with E-state index in [9.17, 15) is 4.79 Å². The number of nitrogens with one attached hydrogen (secondary N) is 1. The molecule has 1 N–H and O–H groups in total. The summed E-state index contributed by atoms with van der Waals surface area (Å²) in [6.45, 7) is 4.81. The zero-order valence-corrected chi connectivity index (χ0v) is 14.8. The Labute approximate surface area is 145 Å². The molecule has 2 heterocycles. The van der Waals surface area contributed by atoms with Gasteiger partial charge in [0.2, 0.25) is 5.91 Å². The number of thiophene rings is 1. The number of carbonyl (C=O) groups excluding carboxylic acids is 1. The van der Waals surface area contributed by atoms with Gasteiger partial charge in [0.05, 0.1) is 21.3 Å². The molecule has 0 unspecified atom stereocenters. The van der Waals surface area contributed by atoms with Crippen molar-refractivity contribution in [1.82, 2.24) is 10.3 Å². The van der Waals surface area contributed by atoms with Crippen LogP contribution in [0, 0.1) is 5.92 Å². The molecule has 0 fully saturated rings. The first-order valence-corrected chi connectivity index (χ1v) is 9.03. The minimum atomic E-state index is -0.0586. The third kappa shape index (κ3) is 3.48. The summed E-state index contributed by atoms with van der Waals surface area (Å²) in [5.74, 6) is 0.362. The summed E-state index contributed by atoms with van der Waals surface area (Å²) in [6, 6.07) is 8.03. The van der Waals surface area contributed by atoms with Crippen molar-refractivity contribution in [2.24, 2.45) is 5.92 Å². The highest BCUT2D eigenvalue weighted by Gasteiger charge is 2.23. The number of fused-ring (bicyclic) bond motifs is 1. The molecule has 3 rings (SSSR count). The highest BCUT2D eigenvalue weighted by molar-refractivity contribution is 7.13. The number of pyridine rings is 1. The molecule has 5 heteroatoms. The Morgan fingerprint density at radius 2 is 2.17 bits per heavy atom. The van der Waals surface area contributed by atoms with Gasteiger partial charge in [-0.05, 0) is 42.3 Å². The van der Waals surface area contributed by atoms with Gasteiger partial charge in [0, 0.05) is 17.7 Å². The molecule has 0 aliphatic heterocycles. The van der Waals surface area contributed by atoms with E-state index in [1.807, 2.05) is 23.6 Å². The van der Waals surface area contributed by atoms with Crippen LogP contribution in [0.4, 0.5) is 0 Å². The molecule has 120 valence electrons. The van der Waals surface area contributed by atoms with Crippen LogP contribution >= 0.6 is 22.9 Å². The summed E-state index contributed by atoms with van der Waals surface area (Å²) in [5.41, 5.74) is 3.50. The van der Waals surface area contributed by atoms with Gasteiger partial charge in [-0.3, -0.25) is 9.78 Å². The van der Waals surface area contributed by atoms with E-state index in [2.05, 4.69) is 25.2 Å². The number of hydrogen-bond donors (Lipinski definition) is 1. The fourth-order valence-electron chi connectivity index (χ4n) is 2.59. The van der Waals surface area contributed by atoms with Crippen molar-refractivity contribution in [1.29, 1.82) is 0 Å². The molecule has 3 nitrogen and oxygen atoms in total. The third-order valence-corrected chi connectivity index (χ3v) is 5.13. The van der Waals surface area contributed by atoms with Crippen molar-refractivity contribution in [3.8, 4) is 10.6 Å². The van der Waals surface area contributed by atoms with Crippen LogP contribution in [-0.4, -0.2) is 17.4 Å². The Bertz CT molecular complexity index is 750. The zero-order chi connectivity index (χ0) is 16.4. The zero-order valence-electron chi connectivity index (χ0n) is 13.2. The van der Waals surface area contributed by atoms with Crippen LogP contribution in [-0.2, 0) is 11.2 Å². The van der Waals surface area contributed by atoms with Gasteiger partial charge in [-0.1, -0.05) is 31.5 Å². The lowest BCUT2D eigenvalue weighted by atomic mass is 9.94. The molecule has 1 aliphatic rings. The van der Waals surface area contributed by atoms with Crippen LogP contribution in [0.15, 0.2) is 35.2 Å². The average molecular weight is 347 g/mol. The van der Waals surface area contributed by atoms with E-state index >= 15 is 0 Å². The number of hydrogen-bond acceptors (Lipinski definition) is 3. The fraction of sp³-hybridized carbons (Fsp3) is 0.333. The summed E-state index contributed by atoms with van der Waals surface area (Å²) >= 11 is 8.15. The van der Waals surface area contributed by atoms with E-state index in [0.29, 0.717) is 29.5 Å². The number of aryl methyl sites for hydroxylation is 1. The van der Waals surface area contributed by atoms with Crippen molar-refractivity contribution < 1.29 is 4.79 Å². The molecule has 1 amide bonds. The monoisotopic (exact) mass is 346 g/mol. The van der Waals surface area contributed by atoms with Crippen LogP contribution in [0.5, 0.6) is 0 Å². The van der Waals surface area contributed by atoms with Crippen molar-refractivity contribution in [2.45, 2.75) is 26.7 Å². The molecule has 2 aromatic heterocycles. The summed E-state index contributed by atoms with van der Waals surface area (Å²) in [5, 5.41) is 5.53. The first-order chi connectivity index (χ1) is 11.1. The van der Waals surface area contributed by atoms with Gasteiger partial charge < -0.3 is 5.32 Å². The molecular weight excluding hydrogens is 328 g/mol. The minimum absolute atomic E-state index is 0.0586. The molecule has 0 atom stereocenters. The average Bonchev–Trinajstić information content (AvgIpc) is 3.07. The molecule has 2 aromatic rings. The number of nitrogens with zero attached hydrogens (tertiary/aromatic N) is 1. The molecule has 0 aromatic carbocycles. The van der Waals surface area contributed by atoms with E-state index in [-0.39, 0.29) is 5.91 Å². The first kappa shape index (κ1) is 16.2. The second-order valence-electron chi connectivity index (χ2n) is 6.06. The quantitative estimate of drug-likeness (QED) is 0.886. The lowest BCUT2D eigenvalue weighted by Gasteiger charge is -2.19. The molecule has 0 saturated heterocycles. The summed E-state index contributed by atoms with van der Waals surface area (Å²) in [7, 11) is 0. The SMILES string of the molecule is CC(C)CNC(=O)C1=C(Cl)c2ccc(-c3cccs3)nc2CC1. The van der Waals surface area contributed by atoms with Crippen molar-refractivity contribution in [2.75, 3.05) is 6.54 Å². The van der Waals surface area contributed by atoms with Gasteiger partial charge in [0.1, 0.15) is 0 Å². The van der Waals surface area contributed by atoms with Gasteiger partial charge in [-0.15, -0.1) is 11.3 Å². The summed E-state index contributed by atoms with van der Waals surface area (Å²) < 4.78 is 0. The third-order valence-electron chi connectivity index (χ3n) is 3.81. The van der Waals surface area contributed by atoms with Crippen LogP contribution in [0.2, 0.25) is 0 Å². The number of carbonyl (C=O) groups is 1. The molecule has 0 radical (unpaired) electrons. The largest absolute Gasteiger partial charge is 0.352 e. The van der Waals surface area contributed by atoms with E-state index < -0.39 is 0 Å². The number of halogens is 1. The fourth-order valence-corrected chi connectivity index (χ4v) is 3.63. The van der Waals surface area contributed by atoms with E-state index in [0.717, 1.165) is 28.2 Å². The van der Waals surface area contributed by atoms with E-state index in [1.165, 1.54) is 0 Å². The maximum atomic E-state index is 12.3. The van der Waals surface area contributed by atoms with E-state index in [1.54, 1.807) is 11.3 Å². The van der Waals surface area contributed by atoms with Gasteiger partial charge >= 0.3 is 0 Å². The highest BCUT2D eigenvalue weighted by atomic mass is 35.5. The van der Waals surface area contributed by atoms with Crippen molar-refractivity contribution in [3.05, 3.63) is 46.5 Å². The van der Waals surface area contributed by atoms with Gasteiger partial charge in [0.15, 0.2) is 0 Å². The van der Waals surface area contributed by atoms with Crippen LogP contribution in [0.1, 0.15) is 31.5 Å². The Morgan fingerprint density at radius 3 is 2.87 bits per heavy atom. The molecular formula is C18H19ClN2OS. The maximum absolute atomic E-state index is 12.3. The highest BCUT2D eigenvalue weighted by Crippen LogP contribution is 2.35. The van der Waals surface area contributed by atoms with E-state index in [4.69, 9.17) is 16.6 Å². The Balaban J connectivity index is 1.88. The molecule has 0 spiro atoms. The lowest BCUT2D eigenvalue weighted by Crippen LogP contribution is -2.30. The molecule has 0 bridgehead atoms. The minimum Gasteiger partial charge on any atom is -0.352 e. The van der Waals surface area contributed by atoms with Crippen molar-refractivity contribution >= 4 is 33.9 Å².